The molecular formula is C13H16FN3S. The number of aromatic nitrogens is 2. The van der Waals surface area contributed by atoms with Crippen LogP contribution in [0.25, 0.3) is 0 Å². The minimum atomic E-state index is -0.338. The van der Waals surface area contributed by atoms with Crippen LogP contribution in [0.1, 0.15) is 36.9 Å². The van der Waals surface area contributed by atoms with Crippen LogP contribution >= 0.6 is 11.3 Å². The van der Waals surface area contributed by atoms with Gasteiger partial charge in [-0.05, 0) is 24.3 Å². The van der Waals surface area contributed by atoms with Gasteiger partial charge in [0.25, 0.3) is 0 Å². The van der Waals surface area contributed by atoms with Gasteiger partial charge in [0.1, 0.15) is 6.33 Å². The van der Waals surface area contributed by atoms with Gasteiger partial charge < -0.3 is 5.32 Å². The summed E-state index contributed by atoms with van der Waals surface area (Å²) in [5, 5.41) is 5.18. The lowest BCUT2D eigenvalue weighted by atomic mass is 10.2. The van der Waals surface area contributed by atoms with Gasteiger partial charge in [-0.2, -0.15) is 0 Å². The van der Waals surface area contributed by atoms with Crippen molar-refractivity contribution in [2.24, 2.45) is 0 Å². The lowest BCUT2D eigenvalue weighted by molar-refractivity contribution is 0.591. The Balaban J connectivity index is 2.22. The summed E-state index contributed by atoms with van der Waals surface area (Å²) in [5.74, 6) is -0.0443. The molecule has 0 bridgehead atoms. The minimum absolute atomic E-state index is 0.0964. The Bertz CT molecular complexity index is 499. The summed E-state index contributed by atoms with van der Waals surface area (Å²) in [5.41, 5.74) is 0.452. The van der Waals surface area contributed by atoms with E-state index >= 15 is 0 Å². The second-order valence-electron chi connectivity index (χ2n) is 3.96. The summed E-state index contributed by atoms with van der Waals surface area (Å²) in [7, 11) is 0. The Kier molecular flexibility index (Phi) is 4.25. The molecule has 5 heteroatoms. The highest BCUT2D eigenvalue weighted by Gasteiger charge is 2.15. The summed E-state index contributed by atoms with van der Waals surface area (Å²) < 4.78 is 14.0. The molecule has 2 rings (SSSR count). The van der Waals surface area contributed by atoms with Crippen LogP contribution in [0.3, 0.4) is 0 Å². The average molecular weight is 265 g/mol. The van der Waals surface area contributed by atoms with Crippen LogP contribution in [0.4, 0.5) is 10.2 Å². The van der Waals surface area contributed by atoms with Crippen LogP contribution in [0.5, 0.6) is 0 Å². The third-order valence-electron chi connectivity index (χ3n) is 2.80. The van der Waals surface area contributed by atoms with Crippen LogP contribution < -0.4 is 5.32 Å². The molecule has 0 saturated carbocycles. The maximum atomic E-state index is 14.0. The molecule has 2 aromatic rings. The van der Waals surface area contributed by atoms with E-state index in [1.807, 2.05) is 24.4 Å². The third-order valence-corrected chi connectivity index (χ3v) is 3.79. The van der Waals surface area contributed by atoms with Gasteiger partial charge in [0.05, 0.1) is 11.7 Å². The fourth-order valence-electron chi connectivity index (χ4n) is 1.78. The number of rotatable bonds is 5. The van der Waals surface area contributed by atoms with Crippen LogP contribution in [-0.4, -0.2) is 9.97 Å². The van der Waals surface area contributed by atoms with Gasteiger partial charge in [0.15, 0.2) is 11.6 Å². The molecule has 1 unspecified atom stereocenters. The van der Waals surface area contributed by atoms with Gasteiger partial charge in [-0.25, -0.2) is 14.4 Å². The molecule has 0 aliphatic carbocycles. The van der Waals surface area contributed by atoms with Gasteiger partial charge in [0, 0.05) is 4.88 Å². The first-order valence-electron chi connectivity index (χ1n) is 6.05. The molecule has 0 aromatic carbocycles. The van der Waals surface area contributed by atoms with Crippen molar-refractivity contribution in [1.82, 2.24) is 9.97 Å². The fourth-order valence-corrected chi connectivity index (χ4v) is 2.64. The summed E-state index contributed by atoms with van der Waals surface area (Å²) in [6, 6.07) is 4.14. The number of aryl methyl sites for hydroxylation is 1. The highest BCUT2D eigenvalue weighted by Crippen LogP contribution is 2.26. The first-order chi connectivity index (χ1) is 8.76. The van der Waals surface area contributed by atoms with E-state index in [0.29, 0.717) is 17.9 Å². The molecule has 0 fully saturated rings. The topological polar surface area (TPSA) is 37.8 Å². The molecule has 2 aromatic heterocycles. The van der Waals surface area contributed by atoms with Gasteiger partial charge in [-0.1, -0.05) is 19.9 Å². The standard InChI is InChI=1S/C13H16FN3S/c1-3-9(11-6-5-7-18-11)17-13-12(14)10(4-2)15-8-16-13/h5-9H,3-4H2,1-2H3,(H,15,16,17). The van der Waals surface area contributed by atoms with E-state index in [9.17, 15) is 4.39 Å². The van der Waals surface area contributed by atoms with Gasteiger partial charge in [0.2, 0.25) is 0 Å². The van der Waals surface area contributed by atoms with Gasteiger partial charge in [-0.3, -0.25) is 0 Å². The van der Waals surface area contributed by atoms with Crippen LogP contribution in [-0.2, 0) is 6.42 Å². The molecule has 0 saturated heterocycles. The van der Waals surface area contributed by atoms with Crippen molar-refractivity contribution < 1.29 is 4.39 Å². The fraction of sp³-hybridized carbons (Fsp3) is 0.385. The number of thiophene rings is 1. The molecule has 0 radical (unpaired) electrons. The Labute approximate surface area is 110 Å². The highest BCUT2D eigenvalue weighted by molar-refractivity contribution is 7.10. The van der Waals surface area contributed by atoms with Crippen molar-refractivity contribution in [2.45, 2.75) is 32.7 Å². The third kappa shape index (κ3) is 2.67. The zero-order valence-electron chi connectivity index (χ0n) is 10.5. The molecule has 1 N–H and O–H groups in total. The molecule has 0 spiro atoms. The van der Waals surface area contributed by atoms with E-state index in [2.05, 4.69) is 22.2 Å². The summed E-state index contributed by atoms with van der Waals surface area (Å²) in [6.45, 7) is 3.95. The predicted octanol–water partition coefficient (Wildman–Crippen LogP) is 3.80. The van der Waals surface area contributed by atoms with Crippen molar-refractivity contribution in [2.75, 3.05) is 5.32 Å². The smallest absolute Gasteiger partial charge is 0.186 e. The lowest BCUT2D eigenvalue weighted by Crippen LogP contribution is -2.12. The Morgan fingerprint density at radius 3 is 2.83 bits per heavy atom. The number of nitrogens with one attached hydrogen (secondary N) is 1. The van der Waals surface area contributed by atoms with Crippen LogP contribution in [0.2, 0.25) is 0 Å². The molecule has 96 valence electrons. The number of hydrogen-bond acceptors (Lipinski definition) is 4. The van der Waals surface area contributed by atoms with E-state index in [4.69, 9.17) is 0 Å². The molecule has 2 heterocycles. The summed E-state index contributed by atoms with van der Waals surface area (Å²) >= 11 is 1.66. The number of halogens is 1. The van der Waals surface area contributed by atoms with Crippen molar-refractivity contribution >= 4 is 17.2 Å². The molecular weight excluding hydrogens is 249 g/mol. The lowest BCUT2D eigenvalue weighted by Gasteiger charge is -2.16. The molecule has 1 atom stereocenters. The zero-order chi connectivity index (χ0) is 13.0. The maximum Gasteiger partial charge on any atom is 0.186 e. The van der Waals surface area contributed by atoms with Crippen molar-refractivity contribution in [1.29, 1.82) is 0 Å². The number of nitrogens with zero attached hydrogens (tertiary/aromatic N) is 2. The molecule has 3 nitrogen and oxygen atoms in total. The second kappa shape index (κ2) is 5.91. The Morgan fingerprint density at radius 2 is 2.22 bits per heavy atom. The SMILES string of the molecule is CCc1ncnc(NC(CC)c2cccs2)c1F. The second-order valence-corrected chi connectivity index (χ2v) is 4.94. The zero-order valence-corrected chi connectivity index (χ0v) is 11.3. The number of hydrogen-bond donors (Lipinski definition) is 1. The van der Waals surface area contributed by atoms with Crippen LogP contribution in [0, 0.1) is 5.82 Å². The first kappa shape index (κ1) is 13.0. The molecule has 0 aliphatic heterocycles. The first-order valence-corrected chi connectivity index (χ1v) is 6.93. The summed E-state index contributed by atoms with van der Waals surface area (Å²) in [6.07, 6.45) is 2.86. The van der Waals surface area contributed by atoms with Gasteiger partial charge in [-0.15, -0.1) is 11.3 Å². The quantitative estimate of drug-likeness (QED) is 0.893. The Morgan fingerprint density at radius 1 is 1.39 bits per heavy atom. The van der Waals surface area contributed by atoms with Crippen molar-refractivity contribution in [3.63, 3.8) is 0 Å². The number of anilines is 1. The molecule has 0 amide bonds. The maximum absolute atomic E-state index is 14.0. The molecule has 18 heavy (non-hydrogen) atoms. The van der Waals surface area contributed by atoms with Crippen molar-refractivity contribution in [3.05, 3.63) is 40.2 Å². The van der Waals surface area contributed by atoms with E-state index in [1.165, 1.54) is 11.2 Å². The van der Waals surface area contributed by atoms with Gasteiger partial charge >= 0.3 is 0 Å². The van der Waals surface area contributed by atoms with E-state index in [1.54, 1.807) is 11.3 Å². The summed E-state index contributed by atoms with van der Waals surface area (Å²) in [4.78, 5) is 9.11. The van der Waals surface area contributed by atoms with E-state index in [0.717, 1.165) is 6.42 Å². The largest absolute Gasteiger partial charge is 0.360 e. The van der Waals surface area contributed by atoms with Crippen LogP contribution in [0.15, 0.2) is 23.8 Å². The normalized spacial score (nSPS) is 12.4. The van der Waals surface area contributed by atoms with E-state index < -0.39 is 0 Å². The molecule has 0 aliphatic rings. The Hall–Kier alpha value is -1.49. The monoisotopic (exact) mass is 265 g/mol. The average Bonchev–Trinajstić information content (AvgIpc) is 2.91. The highest BCUT2D eigenvalue weighted by atomic mass is 32.1. The van der Waals surface area contributed by atoms with E-state index in [-0.39, 0.29) is 11.9 Å². The minimum Gasteiger partial charge on any atom is -0.360 e. The predicted molar refractivity (Wildman–Crippen MR) is 72.3 cm³/mol. The van der Waals surface area contributed by atoms with Crippen molar-refractivity contribution in [3.8, 4) is 0 Å².